The number of halogens is 3. The fourth-order valence-corrected chi connectivity index (χ4v) is 2.62. The first-order valence-electron chi connectivity index (χ1n) is 6.25. The van der Waals surface area contributed by atoms with Crippen LogP contribution in [0.1, 0.15) is 18.7 Å². The summed E-state index contributed by atoms with van der Waals surface area (Å²) < 4.78 is 40.4. The van der Waals surface area contributed by atoms with Crippen LogP contribution in [-0.2, 0) is 6.18 Å². The summed E-state index contributed by atoms with van der Waals surface area (Å²) in [5.41, 5.74) is 6.87. The lowest BCUT2D eigenvalue weighted by molar-refractivity contribution is -0.137. The van der Waals surface area contributed by atoms with Crippen molar-refractivity contribution in [1.82, 2.24) is 4.57 Å². The van der Waals surface area contributed by atoms with Crippen LogP contribution in [0.2, 0.25) is 0 Å². The molecule has 3 rings (SSSR count). The van der Waals surface area contributed by atoms with Crippen LogP contribution in [0.15, 0.2) is 42.5 Å². The second-order valence-corrected chi connectivity index (χ2v) is 4.86. The highest BCUT2D eigenvalue weighted by atomic mass is 19.4. The Kier molecular flexibility index (Phi) is 2.76. The number of para-hydroxylation sites is 1. The molecule has 0 saturated heterocycles. The van der Waals surface area contributed by atoms with E-state index in [2.05, 4.69) is 0 Å². The van der Waals surface area contributed by atoms with Crippen LogP contribution in [0, 0.1) is 0 Å². The quantitative estimate of drug-likeness (QED) is 0.707. The SMILES string of the molecule is CC(N)n1c2ccccc2c2cc(C(F)(F)F)ccc21. The van der Waals surface area contributed by atoms with Gasteiger partial charge in [0, 0.05) is 10.8 Å². The highest BCUT2D eigenvalue weighted by molar-refractivity contribution is 6.08. The van der Waals surface area contributed by atoms with Crippen molar-refractivity contribution >= 4 is 21.8 Å². The van der Waals surface area contributed by atoms with Crippen molar-refractivity contribution < 1.29 is 13.2 Å². The van der Waals surface area contributed by atoms with Crippen LogP contribution in [-0.4, -0.2) is 4.57 Å². The second-order valence-electron chi connectivity index (χ2n) is 4.86. The van der Waals surface area contributed by atoms with E-state index in [4.69, 9.17) is 5.73 Å². The van der Waals surface area contributed by atoms with Gasteiger partial charge in [-0.25, -0.2) is 0 Å². The van der Waals surface area contributed by atoms with Crippen molar-refractivity contribution in [3.8, 4) is 0 Å². The molecule has 20 heavy (non-hydrogen) atoms. The Bertz CT molecular complexity index is 785. The summed E-state index contributed by atoms with van der Waals surface area (Å²) in [6, 6.07) is 11.1. The molecule has 0 aliphatic rings. The van der Waals surface area contributed by atoms with Crippen LogP contribution < -0.4 is 5.73 Å². The molecule has 1 unspecified atom stereocenters. The van der Waals surface area contributed by atoms with Gasteiger partial charge in [0.2, 0.25) is 0 Å². The van der Waals surface area contributed by atoms with Crippen molar-refractivity contribution in [3.63, 3.8) is 0 Å². The molecule has 2 nitrogen and oxygen atoms in total. The van der Waals surface area contributed by atoms with E-state index in [9.17, 15) is 13.2 Å². The average Bonchev–Trinajstić information content (AvgIpc) is 2.71. The second kappa shape index (κ2) is 4.24. The summed E-state index contributed by atoms with van der Waals surface area (Å²) in [5, 5.41) is 1.36. The predicted molar refractivity (Wildman–Crippen MR) is 73.3 cm³/mol. The fourth-order valence-electron chi connectivity index (χ4n) is 2.62. The lowest BCUT2D eigenvalue weighted by Crippen LogP contribution is -2.14. The first-order valence-corrected chi connectivity index (χ1v) is 6.25. The average molecular weight is 278 g/mol. The molecule has 0 aliphatic heterocycles. The minimum Gasteiger partial charge on any atom is -0.325 e. The summed E-state index contributed by atoms with van der Waals surface area (Å²) in [4.78, 5) is 0. The number of aromatic nitrogens is 1. The summed E-state index contributed by atoms with van der Waals surface area (Å²) in [7, 11) is 0. The Hall–Kier alpha value is -2.01. The van der Waals surface area contributed by atoms with Gasteiger partial charge in [-0.1, -0.05) is 18.2 Å². The lowest BCUT2D eigenvalue weighted by Gasteiger charge is -2.12. The zero-order valence-electron chi connectivity index (χ0n) is 10.8. The Morgan fingerprint density at radius 2 is 1.65 bits per heavy atom. The van der Waals surface area contributed by atoms with E-state index in [0.29, 0.717) is 10.9 Å². The molecule has 1 atom stereocenters. The highest BCUT2D eigenvalue weighted by Gasteiger charge is 2.31. The van der Waals surface area contributed by atoms with Gasteiger partial charge < -0.3 is 10.3 Å². The maximum absolute atomic E-state index is 12.8. The van der Waals surface area contributed by atoms with Gasteiger partial charge in [-0.3, -0.25) is 0 Å². The van der Waals surface area contributed by atoms with Crippen LogP contribution >= 0.6 is 0 Å². The minimum absolute atomic E-state index is 0.311. The normalized spacial score (nSPS) is 14.1. The van der Waals surface area contributed by atoms with Crippen molar-refractivity contribution in [1.29, 1.82) is 0 Å². The van der Waals surface area contributed by atoms with Gasteiger partial charge in [-0.15, -0.1) is 0 Å². The standard InChI is InChI=1S/C15H13F3N2/c1-9(19)20-13-5-3-2-4-11(13)12-8-10(15(16,17)18)6-7-14(12)20/h2-9H,19H2,1H3. The molecule has 0 spiro atoms. The summed E-state index contributed by atoms with van der Waals surface area (Å²) in [6.45, 7) is 1.81. The van der Waals surface area contributed by atoms with Gasteiger partial charge >= 0.3 is 6.18 Å². The molecule has 2 aromatic carbocycles. The molecule has 104 valence electrons. The number of alkyl halides is 3. The number of hydrogen-bond donors (Lipinski definition) is 1. The topological polar surface area (TPSA) is 30.9 Å². The van der Waals surface area contributed by atoms with Gasteiger partial charge in [0.1, 0.15) is 0 Å². The molecule has 0 fully saturated rings. The highest BCUT2D eigenvalue weighted by Crippen LogP contribution is 2.36. The summed E-state index contributed by atoms with van der Waals surface area (Å²) in [6.07, 6.45) is -4.65. The molecule has 0 amide bonds. The number of fused-ring (bicyclic) bond motifs is 3. The van der Waals surface area contributed by atoms with E-state index >= 15 is 0 Å². The molecule has 5 heteroatoms. The number of nitrogens with zero attached hydrogens (tertiary/aromatic N) is 1. The monoisotopic (exact) mass is 278 g/mol. The lowest BCUT2D eigenvalue weighted by atomic mass is 10.1. The molecule has 0 aliphatic carbocycles. The van der Waals surface area contributed by atoms with Gasteiger partial charge in [0.15, 0.2) is 0 Å². The molecule has 1 aromatic heterocycles. The van der Waals surface area contributed by atoms with Crippen molar-refractivity contribution in [3.05, 3.63) is 48.0 Å². The fraction of sp³-hybridized carbons (Fsp3) is 0.200. The Labute approximate surface area is 113 Å². The van der Waals surface area contributed by atoms with E-state index in [0.717, 1.165) is 17.0 Å². The molecule has 1 heterocycles. The molecule has 0 bridgehead atoms. The molecular weight excluding hydrogens is 265 g/mol. The third-order valence-electron chi connectivity index (χ3n) is 3.44. The minimum atomic E-state index is -4.34. The molecule has 3 aromatic rings. The molecule has 2 N–H and O–H groups in total. The number of hydrogen-bond acceptors (Lipinski definition) is 1. The molecule has 0 radical (unpaired) electrons. The number of benzene rings is 2. The van der Waals surface area contributed by atoms with Crippen molar-refractivity contribution in [2.75, 3.05) is 0 Å². The molecule has 0 saturated carbocycles. The van der Waals surface area contributed by atoms with Crippen LogP contribution in [0.3, 0.4) is 0 Å². The Balaban J connectivity index is 2.44. The number of nitrogens with two attached hydrogens (primary N) is 1. The zero-order valence-corrected chi connectivity index (χ0v) is 10.8. The van der Waals surface area contributed by atoms with Gasteiger partial charge in [-0.2, -0.15) is 13.2 Å². The third-order valence-corrected chi connectivity index (χ3v) is 3.44. The first kappa shape index (κ1) is 13.0. The van der Waals surface area contributed by atoms with E-state index in [-0.39, 0.29) is 6.17 Å². The Morgan fingerprint density at radius 3 is 2.30 bits per heavy atom. The smallest absolute Gasteiger partial charge is 0.325 e. The third kappa shape index (κ3) is 1.86. The Morgan fingerprint density at radius 1 is 1.00 bits per heavy atom. The predicted octanol–water partition coefficient (Wildman–Crippen LogP) is 4.29. The van der Waals surface area contributed by atoms with Crippen LogP contribution in [0.5, 0.6) is 0 Å². The van der Waals surface area contributed by atoms with Gasteiger partial charge in [-0.05, 0) is 31.2 Å². The maximum atomic E-state index is 12.8. The van der Waals surface area contributed by atoms with Crippen molar-refractivity contribution in [2.45, 2.75) is 19.3 Å². The van der Waals surface area contributed by atoms with E-state index < -0.39 is 11.7 Å². The number of rotatable bonds is 1. The van der Waals surface area contributed by atoms with Crippen LogP contribution in [0.4, 0.5) is 13.2 Å². The van der Waals surface area contributed by atoms with Crippen molar-refractivity contribution in [2.24, 2.45) is 5.73 Å². The summed E-state index contributed by atoms with van der Waals surface area (Å²) in [5.74, 6) is 0. The largest absolute Gasteiger partial charge is 0.416 e. The van der Waals surface area contributed by atoms with Gasteiger partial charge in [0.05, 0.1) is 22.8 Å². The first-order chi connectivity index (χ1) is 9.39. The van der Waals surface area contributed by atoms with E-state index in [1.165, 1.54) is 12.1 Å². The molecular formula is C15H13F3N2. The maximum Gasteiger partial charge on any atom is 0.416 e. The summed E-state index contributed by atoms with van der Waals surface area (Å²) >= 11 is 0. The van der Waals surface area contributed by atoms with Gasteiger partial charge in [0.25, 0.3) is 0 Å². The zero-order chi connectivity index (χ0) is 14.5. The van der Waals surface area contributed by atoms with Crippen LogP contribution in [0.25, 0.3) is 21.8 Å². The van der Waals surface area contributed by atoms with E-state index in [1.54, 1.807) is 0 Å². The van der Waals surface area contributed by atoms with E-state index in [1.807, 2.05) is 35.8 Å².